The second-order valence-electron chi connectivity index (χ2n) is 3.88. The van der Waals surface area contributed by atoms with E-state index in [2.05, 4.69) is 11.5 Å². The fraction of sp³-hybridized carbons (Fsp3) is 0.308. The van der Waals surface area contributed by atoms with E-state index >= 15 is 0 Å². The molecule has 84 valence electrons. The van der Waals surface area contributed by atoms with Gasteiger partial charge in [-0.05, 0) is 18.3 Å². The lowest BCUT2D eigenvalue weighted by molar-refractivity contribution is 0.0679. The molecular weight excluding hydrogens is 200 g/mol. The lowest BCUT2D eigenvalue weighted by Gasteiger charge is -2.33. The van der Waals surface area contributed by atoms with Crippen LogP contribution in [0.25, 0.3) is 0 Å². The number of carbonyl (C=O) groups is 1. The molecule has 0 saturated carbocycles. The average molecular weight is 216 g/mol. The van der Waals surface area contributed by atoms with Gasteiger partial charge in [-0.15, -0.1) is 0 Å². The van der Waals surface area contributed by atoms with Crippen molar-refractivity contribution in [2.45, 2.75) is 0 Å². The van der Waals surface area contributed by atoms with Gasteiger partial charge in [0.15, 0.2) is 0 Å². The first-order valence-corrected chi connectivity index (χ1v) is 5.52. The maximum atomic E-state index is 12.1. The minimum absolute atomic E-state index is 0.129. The highest BCUT2D eigenvalue weighted by Crippen LogP contribution is 2.08. The molecule has 1 fully saturated rings. The van der Waals surface area contributed by atoms with E-state index in [1.54, 1.807) is 0 Å². The summed E-state index contributed by atoms with van der Waals surface area (Å²) in [6, 6.07) is 9.44. The minimum atomic E-state index is 0.129. The Balaban J connectivity index is 1.99. The molecule has 2 rings (SSSR count). The zero-order valence-corrected chi connectivity index (χ0v) is 9.30. The van der Waals surface area contributed by atoms with Gasteiger partial charge in [0.2, 0.25) is 0 Å². The quantitative estimate of drug-likeness (QED) is 0.749. The van der Waals surface area contributed by atoms with Gasteiger partial charge < -0.3 is 9.80 Å². The number of nitrogens with zero attached hydrogens (tertiary/aromatic N) is 2. The van der Waals surface area contributed by atoms with Crippen molar-refractivity contribution in [3.63, 3.8) is 0 Å². The minimum Gasteiger partial charge on any atom is -0.374 e. The van der Waals surface area contributed by atoms with Gasteiger partial charge in [-0.25, -0.2) is 0 Å². The van der Waals surface area contributed by atoms with Crippen LogP contribution < -0.4 is 0 Å². The molecule has 0 unspecified atom stereocenters. The van der Waals surface area contributed by atoms with Crippen LogP contribution in [0, 0.1) is 0 Å². The Bertz CT molecular complexity index is 367. The summed E-state index contributed by atoms with van der Waals surface area (Å²) in [4.78, 5) is 16.1. The van der Waals surface area contributed by atoms with Crippen molar-refractivity contribution in [1.29, 1.82) is 0 Å². The lowest BCUT2D eigenvalue weighted by Crippen LogP contribution is -2.46. The molecule has 0 spiro atoms. The molecule has 0 aliphatic carbocycles. The van der Waals surface area contributed by atoms with Crippen LogP contribution in [-0.4, -0.2) is 41.9 Å². The Labute approximate surface area is 96.0 Å². The Hall–Kier alpha value is -1.77. The van der Waals surface area contributed by atoms with Crippen molar-refractivity contribution in [3.8, 4) is 0 Å². The van der Waals surface area contributed by atoms with E-state index in [-0.39, 0.29) is 5.91 Å². The molecule has 0 bridgehead atoms. The summed E-state index contributed by atoms with van der Waals surface area (Å²) in [5.74, 6) is 0.129. The normalized spacial score (nSPS) is 16.0. The number of carbonyl (C=O) groups excluding carboxylic acids is 1. The molecule has 1 amide bonds. The summed E-state index contributed by atoms with van der Waals surface area (Å²) in [5, 5.41) is 0. The molecule has 1 heterocycles. The predicted octanol–water partition coefficient (Wildman–Crippen LogP) is 1.59. The molecule has 3 nitrogen and oxygen atoms in total. The highest BCUT2D eigenvalue weighted by atomic mass is 16.2. The molecule has 0 N–H and O–H groups in total. The van der Waals surface area contributed by atoms with E-state index in [4.69, 9.17) is 0 Å². The molecule has 1 aliphatic heterocycles. The molecule has 1 aliphatic rings. The van der Waals surface area contributed by atoms with Gasteiger partial charge in [-0.2, -0.15) is 0 Å². The number of piperazine rings is 1. The third kappa shape index (κ3) is 2.24. The van der Waals surface area contributed by atoms with Gasteiger partial charge in [0.25, 0.3) is 5.91 Å². The molecule has 1 saturated heterocycles. The van der Waals surface area contributed by atoms with Gasteiger partial charge in [0.1, 0.15) is 0 Å². The predicted molar refractivity (Wildman–Crippen MR) is 64.1 cm³/mol. The van der Waals surface area contributed by atoms with E-state index in [1.165, 1.54) is 0 Å². The van der Waals surface area contributed by atoms with E-state index in [1.807, 2.05) is 41.4 Å². The van der Waals surface area contributed by atoms with E-state index in [9.17, 15) is 4.79 Å². The van der Waals surface area contributed by atoms with Crippen LogP contribution in [0.15, 0.2) is 43.1 Å². The Morgan fingerprint density at radius 3 is 2.31 bits per heavy atom. The smallest absolute Gasteiger partial charge is 0.253 e. The molecule has 0 radical (unpaired) electrons. The van der Waals surface area contributed by atoms with Crippen LogP contribution in [0.4, 0.5) is 0 Å². The summed E-state index contributed by atoms with van der Waals surface area (Å²) in [6.45, 7) is 7.04. The van der Waals surface area contributed by atoms with Crippen LogP contribution in [0.2, 0.25) is 0 Å². The zero-order chi connectivity index (χ0) is 11.4. The van der Waals surface area contributed by atoms with Crippen LogP contribution in [0.3, 0.4) is 0 Å². The van der Waals surface area contributed by atoms with E-state index in [0.717, 1.165) is 31.7 Å². The first-order chi connectivity index (χ1) is 7.81. The fourth-order valence-electron chi connectivity index (χ4n) is 1.87. The molecule has 3 heteroatoms. The Morgan fingerprint density at radius 2 is 1.75 bits per heavy atom. The third-order valence-electron chi connectivity index (χ3n) is 2.88. The number of amides is 1. The summed E-state index contributed by atoms with van der Waals surface area (Å²) in [5.41, 5.74) is 0.773. The van der Waals surface area contributed by atoms with Gasteiger partial charge >= 0.3 is 0 Å². The summed E-state index contributed by atoms with van der Waals surface area (Å²) < 4.78 is 0. The standard InChI is InChI=1S/C13H16N2O/c1-2-14-8-10-15(11-9-14)13(16)12-6-4-3-5-7-12/h2-7H,1,8-11H2. The second-order valence-corrected chi connectivity index (χ2v) is 3.88. The number of hydrogen-bond acceptors (Lipinski definition) is 2. The summed E-state index contributed by atoms with van der Waals surface area (Å²) in [7, 11) is 0. The Morgan fingerprint density at radius 1 is 1.12 bits per heavy atom. The van der Waals surface area contributed by atoms with Crippen molar-refractivity contribution in [2.75, 3.05) is 26.2 Å². The average Bonchev–Trinajstić information content (AvgIpc) is 2.39. The van der Waals surface area contributed by atoms with Crippen molar-refractivity contribution < 1.29 is 4.79 Å². The largest absolute Gasteiger partial charge is 0.374 e. The molecular formula is C13H16N2O. The molecule has 0 aromatic heterocycles. The van der Waals surface area contributed by atoms with Gasteiger partial charge in [-0.3, -0.25) is 4.79 Å². The highest BCUT2D eigenvalue weighted by molar-refractivity contribution is 5.94. The van der Waals surface area contributed by atoms with Crippen LogP contribution in [-0.2, 0) is 0 Å². The molecule has 0 atom stereocenters. The topological polar surface area (TPSA) is 23.6 Å². The van der Waals surface area contributed by atoms with Crippen LogP contribution >= 0.6 is 0 Å². The van der Waals surface area contributed by atoms with E-state index < -0.39 is 0 Å². The van der Waals surface area contributed by atoms with Crippen molar-refractivity contribution in [1.82, 2.24) is 9.80 Å². The van der Waals surface area contributed by atoms with Crippen molar-refractivity contribution >= 4 is 5.91 Å². The first kappa shape index (κ1) is 10.7. The molecule has 1 aromatic rings. The SMILES string of the molecule is C=CN1CCN(C(=O)c2ccccc2)CC1. The summed E-state index contributed by atoms with van der Waals surface area (Å²) in [6.07, 6.45) is 1.84. The molecule has 1 aromatic carbocycles. The maximum absolute atomic E-state index is 12.1. The van der Waals surface area contributed by atoms with Gasteiger partial charge in [-0.1, -0.05) is 24.8 Å². The van der Waals surface area contributed by atoms with Gasteiger partial charge in [0, 0.05) is 31.7 Å². The van der Waals surface area contributed by atoms with Crippen molar-refractivity contribution in [2.24, 2.45) is 0 Å². The number of hydrogen-bond donors (Lipinski definition) is 0. The van der Waals surface area contributed by atoms with E-state index in [0.29, 0.717) is 0 Å². The maximum Gasteiger partial charge on any atom is 0.253 e. The fourth-order valence-corrected chi connectivity index (χ4v) is 1.87. The molecule has 16 heavy (non-hydrogen) atoms. The number of rotatable bonds is 2. The van der Waals surface area contributed by atoms with Crippen LogP contribution in [0.5, 0.6) is 0 Å². The third-order valence-corrected chi connectivity index (χ3v) is 2.88. The monoisotopic (exact) mass is 216 g/mol. The van der Waals surface area contributed by atoms with Gasteiger partial charge in [0.05, 0.1) is 0 Å². The second kappa shape index (κ2) is 4.84. The lowest BCUT2D eigenvalue weighted by atomic mass is 10.2. The highest BCUT2D eigenvalue weighted by Gasteiger charge is 2.19. The van der Waals surface area contributed by atoms with Crippen LogP contribution in [0.1, 0.15) is 10.4 Å². The van der Waals surface area contributed by atoms with Crippen molar-refractivity contribution in [3.05, 3.63) is 48.7 Å². The zero-order valence-electron chi connectivity index (χ0n) is 9.30. The first-order valence-electron chi connectivity index (χ1n) is 5.52. The Kier molecular flexibility index (Phi) is 3.25. The summed E-state index contributed by atoms with van der Waals surface area (Å²) >= 11 is 0. The number of benzene rings is 1.